The number of nitrogens with one attached hydrogen (secondary N) is 1. The maximum atomic E-state index is 9.65. The Labute approximate surface area is 128 Å². The van der Waals surface area contributed by atoms with E-state index in [1.165, 1.54) is 16.0 Å². The van der Waals surface area contributed by atoms with Crippen LogP contribution in [0, 0.1) is 13.8 Å². The highest BCUT2D eigenvalue weighted by Gasteiger charge is 2.25. The lowest BCUT2D eigenvalue weighted by Crippen LogP contribution is -2.47. The van der Waals surface area contributed by atoms with E-state index in [0.717, 1.165) is 19.4 Å². The molecule has 20 heavy (non-hydrogen) atoms. The fraction of sp³-hybridized carbons (Fsp3) is 0.647. The minimum absolute atomic E-state index is 0.180. The van der Waals surface area contributed by atoms with E-state index in [-0.39, 0.29) is 12.1 Å². The summed E-state index contributed by atoms with van der Waals surface area (Å²) in [5.41, 5.74) is 2.47. The molecule has 0 aromatic heterocycles. The Morgan fingerprint density at radius 2 is 2.05 bits per heavy atom. The fourth-order valence-electron chi connectivity index (χ4n) is 2.44. The molecule has 2 atom stereocenters. The van der Waals surface area contributed by atoms with Gasteiger partial charge in [-0.1, -0.05) is 31.5 Å². The summed E-state index contributed by atoms with van der Waals surface area (Å²) in [5.74, 6) is 0. The third kappa shape index (κ3) is 5.47. The van der Waals surface area contributed by atoms with Gasteiger partial charge in [-0.15, -0.1) is 11.8 Å². The van der Waals surface area contributed by atoms with Crippen molar-refractivity contribution >= 4 is 11.8 Å². The van der Waals surface area contributed by atoms with Crippen molar-refractivity contribution in [3.63, 3.8) is 0 Å². The van der Waals surface area contributed by atoms with E-state index in [1.807, 2.05) is 11.8 Å². The first-order valence-corrected chi connectivity index (χ1v) is 8.38. The van der Waals surface area contributed by atoms with E-state index in [9.17, 15) is 5.11 Å². The van der Waals surface area contributed by atoms with Crippen LogP contribution in [-0.2, 0) is 0 Å². The Hall–Kier alpha value is -0.510. The largest absolute Gasteiger partial charge is 0.394 e. The maximum Gasteiger partial charge on any atom is 0.0611 e. The number of rotatable bonds is 8. The Morgan fingerprint density at radius 3 is 2.60 bits per heavy atom. The molecule has 0 aliphatic rings. The predicted octanol–water partition coefficient (Wildman–Crippen LogP) is 3.92. The normalized spacial score (nSPS) is 15.9. The first-order valence-electron chi connectivity index (χ1n) is 7.50. The molecular weight excluding hydrogens is 266 g/mol. The molecule has 0 aliphatic carbocycles. The van der Waals surface area contributed by atoms with Gasteiger partial charge in [0.05, 0.1) is 6.61 Å². The molecule has 0 spiro atoms. The van der Waals surface area contributed by atoms with E-state index in [2.05, 4.69) is 58.1 Å². The van der Waals surface area contributed by atoms with Crippen molar-refractivity contribution in [2.75, 3.05) is 13.2 Å². The van der Waals surface area contributed by atoms with E-state index in [1.54, 1.807) is 0 Å². The van der Waals surface area contributed by atoms with Gasteiger partial charge in [0.2, 0.25) is 0 Å². The summed E-state index contributed by atoms with van der Waals surface area (Å²) in [6.07, 6.45) is 2.05. The van der Waals surface area contributed by atoms with Gasteiger partial charge in [-0.3, -0.25) is 0 Å². The lowest BCUT2D eigenvalue weighted by molar-refractivity contribution is 0.166. The summed E-state index contributed by atoms with van der Waals surface area (Å²) >= 11 is 1.90. The maximum absolute atomic E-state index is 9.65. The monoisotopic (exact) mass is 295 g/mol. The summed E-state index contributed by atoms with van der Waals surface area (Å²) in [4.78, 5) is 1.35. The van der Waals surface area contributed by atoms with E-state index in [0.29, 0.717) is 5.25 Å². The molecule has 2 unspecified atom stereocenters. The van der Waals surface area contributed by atoms with Crippen LogP contribution in [0.2, 0.25) is 0 Å². The summed E-state index contributed by atoms with van der Waals surface area (Å²) in [5, 5.41) is 13.6. The van der Waals surface area contributed by atoms with Crippen molar-refractivity contribution in [3.8, 4) is 0 Å². The quantitative estimate of drug-likeness (QED) is 0.713. The molecular formula is C17H29NOS. The molecule has 0 saturated heterocycles. The minimum Gasteiger partial charge on any atom is -0.394 e. The molecule has 114 valence electrons. The third-order valence-corrected chi connectivity index (χ3v) is 4.83. The Kier molecular flexibility index (Phi) is 7.07. The molecule has 2 N–H and O–H groups in total. The molecule has 0 aliphatic heterocycles. The van der Waals surface area contributed by atoms with Crippen LogP contribution >= 0.6 is 11.8 Å². The lowest BCUT2D eigenvalue weighted by Gasteiger charge is -2.31. The molecule has 0 heterocycles. The van der Waals surface area contributed by atoms with Gasteiger partial charge < -0.3 is 10.4 Å². The second-order valence-corrected chi connectivity index (χ2v) is 7.53. The molecule has 0 saturated carbocycles. The van der Waals surface area contributed by atoms with E-state index >= 15 is 0 Å². The highest BCUT2D eigenvalue weighted by atomic mass is 32.2. The zero-order chi connectivity index (χ0) is 15.2. The van der Waals surface area contributed by atoms with E-state index in [4.69, 9.17) is 0 Å². The lowest BCUT2D eigenvalue weighted by atomic mass is 9.97. The fourth-order valence-corrected chi connectivity index (χ4v) is 3.72. The smallest absolute Gasteiger partial charge is 0.0611 e. The zero-order valence-corrected chi connectivity index (χ0v) is 14.3. The van der Waals surface area contributed by atoms with Crippen molar-refractivity contribution in [1.82, 2.24) is 5.32 Å². The van der Waals surface area contributed by atoms with Crippen molar-refractivity contribution in [2.24, 2.45) is 0 Å². The molecule has 0 radical (unpaired) electrons. The molecule has 0 amide bonds. The van der Waals surface area contributed by atoms with Crippen LogP contribution in [0.3, 0.4) is 0 Å². The van der Waals surface area contributed by atoms with Gasteiger partial charge >= 0.3 is 0 Å². The number of hydrogen-bond donors (Lipinski definition) is 2. The number of benzene rings is 1. The summed E-state index contributed by atoms with van der Waals surface area (Å²) < 4.78 is 0. The highest BCUT2D eigenvalue weighted by Crippen LogP contribution is 2.31. The standard InChI is InChI=1S/C17H29NOS/c1-6-9-18-17(5,12-19)11-15(4)20-16-8-7-13(2)10-14(16)3/h7-8,10,15,18-19H,6,9,11-12H2,1-5H3. The Balaban J connectivity index is 2.63. The minimum atomic E-state index is -0.180. The van der Waals surface area contributed by atoms with Crippen LogP contribution in [0.1, 0.15) is 44.7 Å². The first-order chi connectivity index (χ1) is 9.40. The molecule has 3 heteroatoms. The van der Waals surface area contributed by atoms with E-state index < -0.39 is 0 Å². The van der Waals surface area contributed by atoms with Crippen molar-refractivity contribution in [1.29, 1.82) is 0 Å². The number of thioether (sulfide) groups is 1. The molecule has 0 bridgehead atoms. The van der Waals surface area contributed by atoms with Gasteiger partial charge in [0.15, 0.2) is 0 Å². The summed E-state index contributed by atoms with van der Waals surface area (Å²) in [6.45, 7) is 11.9. The molecule has 0 fully saturated rings. The van der Waals surface area contributed by atoms with Gasteiger partial charge in [-0.25, -0.2) is 0 Å². The number of aliphatic hydroxyl groups is 1. The third-order valence-electron chi connectivity index (χ3n) is 3.55. The molecule has 1 aromatic carbocycles. The van der Waals surface area contributed by atoms with Crippen molar-refractivity contribution < 1.29 is 5.11 Å². The Bertz CT molecular complexity index is 421. The number of aliphatic hydroxyl groups excluding tert-OH is 1. The van der Waals surface area contributed by atoms with Gasteiger partial charge in [-0.2, -0.15) is 0 Å². The second kappa shape index (κ2) is 8.06. The van der Waals surface area contributed by atoms with Gasteiger partial charge in [0.25, 0.3) is 0 Å². The van der Waals surface area contributed by atoms with Crippen LogP contribution in [0.4, 0.5) is 0 Å². The first kappa shape index (κ1) is 17.5. The molecule has 1 rings (SSSR count). The molecule has 2 nitrogen and oxygen atoms in total. The summed E-state index contributed by atoms with van der Waals surface area (Å²) in [6, 6.07) is 6.61. The van der Waals surface area contributed by atoms with Crippen LogP contribution in [0.25, 0.3) is 0 Å². The SMILES string of the molecule is CCCNC(C)(CO)CC(C)Sc1ccc(C)cc1C. The van der Waals surface area contributed by atoms with Crippen LogP contribution in [0.15, 0.2) is 23.1 Å². The van der Waals surface area contributed by atoms with Crippen molar-refractivity contribution in [2.45, 2.75) is 63.1 Å². The highest BCUT2D eigenvalue weighted by molar-refractivity contribution is 8.00. The Morgan fingerprint density at radius 1 is 1.35 bits per heavy atom. The van der Waals surface area contributed by atoms with Gasteiger partial charge in [0.1, 0.15) is 0 Å². The molecule has 1 aromatic rings. The van der Waals surface area contributed by atoms with Crippen molar-refractivity contribution in [3.05, 3.63) is 29.3 Å². The van der Waals surface area contributed by atoms with Gasteiger partial charge in [-0.05, 0) is 51.8 Å². The van der Waals surface area contributed by atoms with Crippen LogP contribution < -0.4 is 5.32 Å². The van der Waals surface area contributed by atoms with Gasteiger partial charge in [0, 0.05) is 15.7 Å². The number of hydrogen-bond acceptors (Lipinski definition) is 3. The average molecular weight is 295 g/mol. The van der Waals surface area contributed by atoms with Crippen LogP contribution in [0.5, 0.6) is 0 Å². The average Bonchev–Trinajstić information content (AvgIpc) is 2.40. The van der Waals surface area contributed by atoms with Crippen LogP contribution in [-0.4, -0.2) is 29.0 Å². The number of aryl methyl sites for hydroxylation is 2. The predicted molar refractivity (Wildman–Crippen MR) is 89.6 cm³/mol. The zero-order valence-electron chi connectivity index (χ0n) is 13.5. The topological polar surface area (TPSA) is 32.3 Å². The summed E-state index contributed by atoms with van der Waals surface area (Å²) in [7, 11) is 0. The second-order valence-electron chi connectivity index (χ2n) is 6.05.